The van der Waals surface area contributed by atoms with Crippen molar-refractivity contribution in [1.29, 1.82) is 0 Å². The van der Waals surface area contributed by atoms with Gasteiger partial charge in [0.2, 0.25) is 0 Å². The third kappa shape index (κ3) is 3.89. The number of hydrogen-bond donors (Lipinski definition) is 2. The summed E-state index contributed by atoms with van der Waals surface area (Å²) in [5.41, 5.74) is 0. The molecule has 5 nitrogen and oxygen atoms in total. The molecule has 0 saturated heterocycles. The van der Waals surface area contributed by atoms with E-state index >= 15 is 0 Å². The van der Waals surface area contributed by atoms with Crippen LogP contribution in [0.3, 0.4) is 0 Å². The Bertz CT molecular complexity index is 307. The van der Waals surface area contributed by atoms with Crippen molar-refractivity contribution in [3.8, 4) is 0 Å². The van der Waals surface area contributed by atoms with Crippen molar-refractivity contribution in [3.05, 3.63) is 0 Å². The van der Waals surface area contributed by atoms with E-state index in [0.717, 1.165) is 38.5 Å². The average molecular weight is 254 g/mol. The molecule has 5 heteroatoms. The van der Waals surface area contributed by atoms with Crippen molar-refractivity contribution < 1.29 is 14.7 Å². The fourth-order valence-electron chi connectivity index (χ4n) is 2.58. The molecule has 2 rings (SSSR count). The first-order chi connectivity index (χ1) is 8.66. The summed E-state index contributed by atoms with van der Waals surface area (Å²) in [5, 5.41) is 11.8. The zero-order valence-electron chi connectivity index (χ0n) is 10.7. The number of nitrogens with zero attached hydrogens (tertiary/aromatic N) is 1. The predicted octanol–water partition coefficient (Wildman–Crippen LogP) is 1.97. The van der Waals surface area contributed by atoms with E-state index in [4.69, 9.17) is 5.11 Å². The van der Waals surface area contributed by atoms with Crippen LogP contribution >= 0.6 is 0 Å². The molecule has 102 valence electrons. The van der Waals surface area contributed by atoms with Crippen molar-refractivity contribution >= 4 is 12.0 Å². The molecular formula is C13H22N2O3. The molecule has 0 aromatic heterocycles. The molecular weight excluding hydrogens is 232 g/mol. The minimum absolute atomic E-state index is 0.145. The molecule has 0 aliphatic heterocycles. The highest BCUT2D eigenvalue weighted by molar-refractivity contribution is 5.80. The van der Waals surface area contributed by atoms with Gasteiger partial charge in [0.15, 0.2) is 0 Å². The molecule has 2 fully saturated rings. The number of carbonyl (C=O) groups excluding carboxylic acids is 1. The first-order valence-electron chi connectivity index (χ1n) is 6.96. The second kappa shape index (κ2) is 6.07. The van der Waals surface area contributed by atoms with Crippen molar-refractivity contribution in [2.24, 2.45) is 0 Å². The summed E-state index contributed by atoms with van der Waals surface area (Å²) in [6.07, 6.45) is 8.73. The van der Waals surface area contributed by atoms with Gasteiger partial charge in [-0.15, -0.1) is 0 Å². The highest BCUT2D eigenvalue weighted by Crippen LogP contribution is 2.27. The van der Waals surface area contributed by atoms with Gasteiger partial charge in [0.05, 0.1) is 0 Å². The summed E-state index contributed by atoms with van der Waals surface area (Å²) in [6, 6.07) is 0.189. The van der Waals surface area contributed by atoms with Crippen LogP contribution in [-0.4, -0.2) is 40.6 Å². The minimum Gasteiger partial charge on any atom is -0.480 e. The first kappa shape index (κ1) is 13.2. The third-order valence-electron chi connectivity index (χ3n) is 3.74. The fraction of sp³-hybridized carbons (Fsp3) is 0.846. The Balaban J connectivity index is 1.85. The maximum atomic E-state index is 12.1. The summed E-state index contributed by atoms with van der Waals surface area (Å²) >= 11 is 0. The van der Waals surface area contributed by atoms with Crippen LogP contribution in [0.1, 0.15) is 51.4 Å². The second-order valence-corrected chi connectivity index (χ2v) is 5.39. The van der Waals surface area contributed by atoms with E-state index in [1.807, 2.05) is 0 Å². The van der Waals surface area contributed by atoms with Gasteiger partial charge >= 0.3 is 12.0 Å². The van der Waals surface area contributed by atoms with Crippen LogP contribution in [0, 0.1) is 0 Å². The molecule has 0 spiro atoms. The molecule has 0 bridgehead atoms. The SMILES string of the molecule is O=C(O)CN(C(=O)NC1CCCCCC1)C1CC1. The molecule has 2 amide bonds. The fourth-order valence-corrected chi connectivity index (χ4v) is 2.58. The molecule has 0 aromatic carbocycles. The minimum atomic E-state index is -0.932. The lowest BCUT2D eigenvalue weighted by molar-refractivity contribution is -0.137. The standard InChI is InChI=1S/C13H22N2O3/c16-12(17)9-15(11-7-8-11)13(18)14-10-5-3-1-2-4-6-10/h10-11H,1-9H2,(H,14,18)(H,16,17). The summed E-state index contributed by atoms with van der Waals surface area (Å²) in [6.45, 7) is -0.177. The summed E-state index contributed by atoms with van der Waals surface area (Å²) < 4.78 is 0. The maximum absolute atomic E-state index is 12.1. The quantitative estimate of drug-likeness (QED) is 0.753. The van der Waals surface area contributed by atoms with E-state index in [1.54, 1.807) is 0 Å². The van der Waals surface area contributed by atoms with Crippen LogP contribution < -0.4 is 5.32 Å². The average Bonchev–Trinajstić information content (AvgIpc) is 3.13. The van der Waals surface area contributed by atoms with Crippen LogP contribution in [0.4, 0.5) is 4.79 Å². The largest absolute Gasteiger partial charge is 0.480 e. The molecule has 0 atom stereocenters. The van der Waals surface area contributed by atoms with Crippen molar-refractivity contribution in [3.63, 3.8) is 0 Å². The Labute approximate surface area is 108 Å². The predicted molar refractivity (Wildman–Crippen MR) is 67.4 cm³/mol. The van der Waals surface area contributed by atoms with E-state index in [-0.39, 0.29) is 24.7 Å². The van der Waals surface area contributed by atoms with E-state index < -0.39 is 5.97 Å². The van der Waals surface area contributed by atoms with Crippen LogP contribution in [0.5, 0.6) is 0 Å². The van der Waals surface area contributed by atoms with Gasteiger partial charge < -0.3 is 15.3 Å². The number of rotatable bonds is 4. The van der Waals surface area contributed by atoms with E-state index in [1.165, 1.54) is 17.7 Å². The Morgan fingerprint density at radius 3 is 2.17 bits per heavy atom. The number of carboxylic acid groups (broad SMARTS) is 1. The monoisotopic (exact) mass is 254 g/mol. The summed E-state index contributed by atoms with van der Waals surface area (Å²) in [5.74, 6) is -0.932. The van der Waals surface area contributed by atoms with Gasteiger partial charge in [0, 0.05) is 12.1 Å². The number of amides is 2. The van der Waals surface area contributed by atoms with Gasteiger partial charge in [0.25, 0.3) is 0 Å². The molecule has 0 aromatic rings. The molecule has 2 aliphatic rings. The number of nitrogens with one attached hydrogen (secondary N) is 1. The Morgan fingerprint density at radius 2 is 1.67 bits per heavy atom. The van der Waals surface area contributed by atoms with Gasteiger partial charge in [-0.3, -0.25) is 4.79 Å². The highest BCUT2D eigenvalue weighted by Gasteiger charge is 2.34. The first-order valence-corrected chi connectivity index (χ1v) is 6.96. The topological polar surface area (TPSA) is 69.6 Å². The Kier molecular flexibility index (Phi) is 4.44. The van der Waals surface area contributed by atoms with Crippen LogP contribution in [-0.2, 0) is 4.79 Å². The van der Waals surface area contributed by atoms with Crippen LogP contribution in [0.2, 0.25) is 0 Å². The van der Waals surface area contributed by atoms with Gasteiger partial charge in [-0.2, -0.15) is 0 Å². The molecule has 2 N–H and O–H groups in total. The lowest BCUT2D eigenvalue weighted by atomic mass is 10.1. The summed E-state index contributed by atoms with van der Waals surface area (Å²) in [7, 11) is 0. The van der Waals surface area contributed by atoms with Gasteiger partial charge in [-0.1, -0.05) is 25.7 Å². The van der Waals surface area contributed by atoms with Gasteiger partial charge in [0.1, 0.15) is 6.54 Å². The van der Waals surface area contributed by atoms with Crippen LogP contribution in [0.15, 0.2) is 0 Å². The van der Waals surface area contributed by atoms with E-state index in [9.17, 15) is 9.59 Å². The molecule has 0 radical (unpaired) electrons. The second-order valence-electron chi connectivity index (χ2n) is 5.39. The lowest BCUT2D eigenvalue weighted by Gasteiger charge is -2.24. The van der Waals surface area contributed by atoms with E-state index in [0.29, 0.717) is 0 Å². The molecule has 2 saturated carbocycles. The number of hydrogen-bond acceptors (Lipinski definition) is 2. The zero-order valence-corrected chi connectivity index (χ0v) is 10.7. The Hall–Kier alpha value is -1.26. The lowest BCUT2D eigenvalue weighted by Crippen LogP contribution is -2.47. The molecule has 2 aliphatic carbocycles. The smallest absolute Gasteiger partial charge is 0.323 e. The van der Waals surface area contributed by atoms with Crippen molar-refractivity contribution in [2.45, 2.75) is 63.5 Å². The number of carboxylic acids is 1. The van der Waals surface area contributed by atoms with Crippen molar-refractivity contribution in [2.75, 3.05) is 6.54 Å². The zero-order chi connectivity index (χ0) is 13.0. The molecule has 18 heavy (non-hydrogen) atoms. The number of aliphatic carboxylic acids is 1. The number of urea groups is 1. The molecule has 0 unspecified atom stereocenters. The van der Waals surface area contributed by atoms with Gasteiger partial charge in [-0.05, 0) is 25.7 Å². The Morgan fingerprint density at radius 1 is 1.06 bits per heavy atom. The highest BCUT2D eigenvalue weighted by atomic mass is 16.4. The van der Waals surface area contributed by atoms with Crippen molar-refractivity contribution in [1.82, 2.24) is 10.2 Å². The normalized spacial score (nSPS) is 21.1. The van der Waals surface area contributed by atoms with Crippen LogP contribution in [0.25, 0.3) is 0 Å². The maximum Gasteiger partial charge on any atom is 0.323 e. The number of carbonyl (C=O) groups is 2. The van der Waals surface area contributed by atoms with Gasteiger partial charge in [-0.25, -0.2) is 4.79 Å². The summed E-state index contributed by atoms with van der Waals surface area (Å²) in [4.78, 5) is 24.3. The molecule has 0 heterocycles. The van der Waals surface area contributed by atoms with E-state index in [2.05, 4.69) is 5.32 Å². The third-order valence-corrected chi connectivity index (χ3v) is 3.74.